The van der Waals surface area contributed by atoms with E-state index in [9.17, 15) is 15.0 Å². The van der Waals surface area contributed by atoms with Gasteiger partial charge in [0.05, 0.1) is 31.3 Å². The van der Waals surface area contributed by atoms with E-state index in [-0.39, 0.29) is 18.6 Å². The van der Waals surface area contributed by atoms with Gasteiger partial charge in [-0.05, 0) is 71.0 Å². The first-order chi connectivity index (χ1) is 17.2. The lowest BCUT2D eigenvalue weighted by Gasteiger charge is -2.40. The summed E-state index contributed by atoms with van der Waals surface area (Å²) in [7, 11) is 3.99. The Morgan fingerprint density at radius 1 is 1.28 bits per heavy atom. The lowest BCUT2D eigenvalue weighted by molar-refractivity contribution is -0.162. The zero-order valence-corrected chi connectivity index (χ0v) is 21.7. The molecular formula is C28H39NO7. The average Bonchev–Trinajstić information content (AvgIpc) is 3.76. The van der Waals surface area contributed by atoms with Gasteiger partial charge in [0.25, 0.3) is 0 Å². The van der Waals surface area contributed by atoms with Crippen LogP contribution in [0.25, 0.3) is 6.08 Å². The highest BCUT2D eigenvalue weighted by Crippen LogP contribution is 2.59. The summed E-state index contributed by atoms with van der Waals surface area (Å²) in [6, 6.07) is 7.50. The fourth-order valence-corrected chi connectivity index (χ4v) is 5.22. The maximum atomic E-state index is 12.6. The van der Waals surface area contributed by atoms with E-state index >= 15 is 0 Å². The Hall–Kier alpha value is -2.23. The van der Waals surface area contributed by atoms with Gasteiger partial charge in [-0.1, -0.05) is 23.8 Å². The zero-order valence-electron chi connectivity index (χ0n) is 21.7. The molecule has 8 heteroatoms. The molecule has 0 bridgehead atoms. The minimum Gasteiger partial charge on any atom is -0.492 e. The van der Waals surface area contributed by atoms with Gasteiger partial charge in [0.15, 0.2) is 0 Å². The van der Waals surface area contributed by atoms with E-state index in [4.69, 9.17) is 18.9 Å². The first-order valence-corrected chi connectivity index (χ1v) is 12.7. The third-order valence-corrected chi connectivity index (χ3v) is 7.55. The number of hydrogen-bond acceptors (Lipinski definition) is 8. The van der Waals surface area contributed by atoms with Crippen molar-refractivity contribution < 1.29 is 34.0 Å². The Morgan fingerprint density at radius 2 is 2.00 bits per heavy atom. The fourth-order valence-electron chi connectivity index (χ4n) is 5.22. The van der Waals surface area contributed by atoms with Crippen LogP contribution in [0, 0.1) is 5.92 Å². The van der Waals surface area contributed by atoms with E-state index in [1.165, 1.54) is 6.08 Å². The molecule has 4 rings (SSSR count). The zero-order chi connectivity index (χ0) is 25.9. The predicted molar refractivity (Wildman–Crippen MR) is 136 cm³/mol. The molecule has 3 fully saturated rings. The van der Waals surface area contributed by atoms with E-state index in [2.05, 4.69) is 4.90 Å². The highest BCUT2D eigenvalue weighted by Gasteiger charge is 2.71. The predicted octanol–water partition coefficient (Wildman–Crippen LogP) is 2.58. The minimum absolute atomic E-state index is 0.0166. The van der Waals surface area contributed by atoms with E-state index < -0.39 is 29.4 Å². The molecule has 8 nitrogen and oxygen atoms in total. The molecule has 3 aliphatic rings. The Balaban J connectivity index is 1.32. The van der Waals surface area contributed by atoms with Crippen molar-refractivity contribution in [2.75, 3.05) is 40.5 Å². The van der Waals surface area contributed by atoms with Crippen molar-refractivity contribution in [2.45, 2.75) is 62.6 Å². The molecule has 1 spiro atoms. The lowest BCUT2D eigenvalue weighted by atomic mass is 9.68. The second-order valence-electron chi connectivity index (χ2n) is 10.6. The molecule has 2 heterocycles. The van der Waals surface area contributed by atoms with Crippen LogP contribution >= 0.6 is 0 Å². The van der Waals surface area contributed by atoms with Gasteiger partial charge >= 0.3 is 5.97 Å². The van der Waals surface area contributed by atoms with E-state index in [0.717, 1.165) is 23.4 Å². The molecule has 2 aliphatic heterocycles. The summed E-state index contributed by atoms with van der Waals surface area (Å²) in [6.45, 7) is 5.91. The summed E-state index contributed by atoms with van der Waals surface area (Å²) in [5, 5.41) is 20.5. The lowest BCUT2D eigenvalue weighted by Crippen LogP contribution is -2.54. The third kappa shape index (κ3) is 6.18. The topological polar surface area (TPSA) is 104 Å². The normalized spacial score (nSPS) is 33.8. The molecule has 0 radical (unpaired) electrons. The summed E-state index contributed by atoms with van der Waals surface area (Å²) in [5.74, 6) is 0.00498. The highest BCUT2D eigenvalue weighted by molar-refractivity contribution is 5.87. The Morgan fingerprint density at radius 3 is 2.64 bits per heavy atom. The number of carbonyl (C=O) groups is 1. The van der Waals surface area contributed by atoms with Crippen molar-refractivity contribution in [3.63, 3.8) is 0 Å². The van der Waals surface area contributed by atoms with Crippen LogP contribution in [-0.4, -0.2) is 91.1 Å². The first kappa shape index (κ1) is 26.8. The number of likely N-dealkylation sites (N-methyl/N-ethyl adjacent to an activating group) is 1. The molecule has 2 N–H and O–H groups in total. The Kier molecular flexibility index (Phi) is 8.22. The molecular weight excluding hydrogens is 462 g/mol. The molecule has 1 aliphatic carbocycles. The number of carbonyl (C=O) groups excluding carboxylic acids is 1. The Bertz CT molecular complexity index is 969. The molecule has 1 aromatic rings. The number of nitrogens with zero attached hydrogens (tertiary/aromatic N) is 1. The van der Waals surface area contributed by atoms with Gasteiger partial charge < -0.3 is 34.1 Å². The SMILES string of the molecule is C/C(=C/CC1OC1(C)[C@H]1[C@H](O)[C@H](OC(=O)/C=C/c2ccc(OCCN(C)C)cc2)CC[C@]12CO2)CO. The quantitative estimate of drug-likeness (QED) is 0.206. The summed E-state index contributed by atoms with van der Waals surface area (Å²) in [4.78, 5) is 14.6. The largest absolute Gasteiger partial charge is 0.492 e. The summed E-state index contributed by atoms with van der Waals surface area (Å²) in [6.07, 6.45) is 5.41. The van der Waals surface area contributed by atoms with Crippen molar-refractivity contribution in [3.8, 4) is 5.75 Å². The van der Waals surface area contributed by atoms with Gasteiger partial charge in [0.2, 0.25) is 0 Å². The monoisotopic (exact) mass is 501 g/mol. The molecule has 2 saturated heterocycles. The van der Waals surface area contributed by atoms with Crippen molar-refractivity contribution in [3.05, 3.63) is 47.6 Å². The van der Waals surface area contributed by atoms with Crippen LogP contribution in [0.3, 0.4) is 0 Å². The average molecular weight is 502 g/mol. The number of benzene rings is 1. The van der Waals surface area contributed by atoms with Crippen LogP contribution < -0.4 is 4.74 Å². The second-order valence-corrected chi connectivity index (χ2v) is 10.6. The van der Waals surface area contributed by atoms with Crippen LogP contribution in [0.1, 0.15) is 38.7 Å². The van der Waals surface area contributed by atoms with Crippen molar-refractivity contribution in [1.82, 2.24) is 4.90 Å². The first-order valence-electron chi connectivity index (χ1n) is 12.7. The second kappa shape index (κ2) is 11.0. The number of hydrogen-bond donors (Lipinski definition) is 2. The van der Waals surface area contributed by atoms with Crippen LogP contribution in [0.2, 0.25) is 0 Å². The van der Waals surface area contributed by atoms with Crippen molar-refractivity contribution >= 4 is 12.0 Å². The van der Waals surface area contributed by atoms with Crippen LogP contribution in [0.15, 0.2) is 42.0 Å². The van der Waals surface area contributed by atoms with Crippen molar-refractivity contribution in [2.24, 2.45) is 5.92 Å². The van der Waals surface area contributed by atoms with Gasteiger partial charge in [-0.3, -0.25) is 0 Å². The number of aliphatic hydroxyl groups excluding tert-OH is 2. The van der Waals surface area contributed by atoms with E-state index in [1.54, 1.807) is 6.08 Å². The third-order valence-electron chi connectivity index (χ3n) is 7.55. The maximum Gasteiger partial charge on any atom is 0.331 e. The molecule has 2 unspecified atom stereocenters. The number of ether oxygens (including phenoxy) is 4. The van der Waals surface area contributed by atoms with Gasteiger partial charge in [0.1, 0.15) is 29.7 Å². The maximum absolute atomic E-state index is 12.6. The molecule has 1 saturated carbocycles. The number of rotatable bonds is 11. The van der Waals surface area contributed by atoms with Gasteiger partial charge in [0, 0.05) is 12.6 Å². The fraction of sp³-hybridized carbons (Fsp3) is 0.607. The summed E-state index contributed by atoms with van der Waals surface area (Å²) < 4.78 is 23.3. The van der Waals surface area contributed by atoms with Gasteiger partial charge in [-0.25, -0.2) is 4.79 Å². The van der Waals surface area contributed by atoms with Crippen molar-refractivity contribution in [1.29, 1.82) is 0 Å². The summed E-state index contributed by atoms with van der Waals surface area (Å²) in [5.41, 5.74) is 0.777. The molecule has 36 heavy (non-hydrogen) atoms. The van der Waals surface area contributed by atoms with Crippen LogP contribution in [0.5, 0.6) is 5.75 Å². The highest BCUT2D eigenvalue weighted by atomic mass is 16.6. The number of epoxide rings is 2. The number of aliphatic hydroxyl groups is 2. The minimum atomic E-state index is -0.880. The molecule has 198 valence electrons. The van der Waals surface area contributed by atoms with Crippen LogP contribution in [-0.2, 0) is 19.0 Å². The molecule has 0 aromatic heterocycles. The molecule has 6 atom stereocenters. The smallest absolute Gasteiger partial charge is 0.331 e. The Labute approximate surface area is 213 Å². The molecule has 0 amide bonds. The molecule has 1 aromatic carbocycles. The van der Waals surface area contributed by atoms with Crippen LogP contribution in [0.4, 0.5) is 0 Å². The number of esters is 1. The summed E-state index contributed by atoms with van der Waals surface area (Å²) >= 11 is 0. The van der Waals surface area contributed by atoms with E-state index in [1.807, 2.05) is 58.3 Å². The van der Waals surface area contributed by atoms with Gasteiger partial charge in [-0.2, -0.15) is 0 Å². The van der Waals surface area contributed by atoms with E-state index in [0.29, 0.717) is 32.5 Å². The standard InChI is InChI=1S/C28H39NO7/c1-19(17-30)5-11-23-27(2,36-23)26-25(32)22(13-14-28(26)18-34-28)35-24(31)12-8-20-6-9-21(10-7-20)33-16-15-29(3)4/h5-10,12,22-23,25-26,30,32H,11,13-18H2,1-4H3/b12-8+,19-5-/t22-,23?,25-,26-,27?,28+/m1/s1. The van der Waals surface area contributed by atoms with Gasteiger partial charge in [-0.15, -0.1) is 0 Å².